The van der Waals surface area contributed by atoms with E-state index in [9.17, 15) is 0 Å². The van der Waals surface area contributed by atoms with E-state index in [1.54, 1.807) is 0 Å². The second-order valence-electron chi connectivity index (χ2n) is 7.90. The zero-order valence-corrected chi connectivity index (χ0v) is 17.5. The molecule has 160 valence electrons. The minimum absolute atomic E-state index is 0.219. The molecule has 3 N–H and O–H groups in total. The molecule has 0 aliphatic carbocycles. The highest BCUT2D eigenvalue weighted by molar-refractivity contribution is 5.58. The van der Waals surface area contributed by atoms with E-state index in [1.807, 2.05) is 37.3 Å². The predicted molar refractivity (Wildman–Crippen MR) is 119 cm³/mol. The molecule has 3 heterocycles. The Hall–Kier alpha value is -3.39. The van der Waals surface area contributed by atoms with Crippen LogP contribution in [0.25, 0.3) is 0 Å². The number of ether oxygens (including phenoxy) is 2. The van der Waals surface area contributed by atoms with Crippen molar-refractivity contribution in [2.24, 2.45) is 0 Å². The Morgan fingerprint density at radius 1 is 1.06 bits per heavy atom. The third kappa shape index (κ3) is 4.25. The van der Waals surface area contributed by atoms with Crippen LogP contribution in [0.4, 0.5) is 17.6 Å². The van der Waals surface area contributed by atoms with Gasteiger partial charge >= 0.3 is 0 Å². The van der Waals surface area contributed by atoms with Crippen molar-refractivity contribution >= 4 is 17.6 Å². The van der Waals surface area contributed by atoms with Gasteiger partial charge in [0, 0.05) is 11.7 Å². The molecular weight excluding hydrogens is 392 g/mol. The highest BCUT2D eigenvalue weighted by Crippen LogP contribution is 2.38. The van der Waals surface area contributed by atoms with Crippen LogP contribution in [-0.2, 0) is 6.54 Å². The SMILES string of the molecule is Cc1ccccc1Nc1nc(N)nc(CN2CCC[C@H]2c2ccc3c(c2)OCCO3)n1. The summed E-state index contributed by atoms with van der Waals surface area (Å²) in [5.74, 6) is 2.98. The Balaban J connectivity index is 1.35. The van der Waals surface area contributed by atoms with Gasteiger partial charge in [0.15, 0.2) is 11.5 Å². The summed E-state index contributed by atoms with van der Waals surface area (Å²) in [7, 11) is 0. The van der Waals surface area contributed by atoms with Crippen molar-refractivity contribution < 1.29 is 9.47 Å². The number of anilines is 3. The predicted octanol–water partition coefficient (Wildman–Crippen LogP) is 3.61. The van der Waals surface area contributed by atoms with E-state index >= 15 is 0 Å². The van der Waals surface area contributed by atoms with E-state index < -0.39 is 0 Å². The maximum Gasteiger partial charge on any atom is 0.232 e. The van der Waals surface area contributed by atoms with Crippen LogP contribution in [-0.4, -0.2) is 39.6 Å². The average molecular weight is 419 g/mol. The molecule has 1 atom stereocenters. The molecule has 1 aromatic heterocycles. The Labute approximate surface area is 181 Å². The first-order chi connectivity index (χ1) is 15.2. The molecule has 1 saturated heterocycles. The first kappa shape index (κ1) is 19.6. The van der Waals surface area contributed by atoms with Gasteiger partial charge in [-0.15, -0.1) is 0 Å². The number of fused-ring (bicyclic) bond motifs is 1. The molecule has 31 heavy (non-hydrogen) atoms. The highest BCUT2D eigenvalue weighted by Gasteiger charge is 2.28. The summed E-state index contributed by atoms with van der Waals surface area (Å²) in [5, 5.41) is 3.26. The summed E-state index contributed by atoms with van der Waals surface area (Å²) in [6.45, 7) is 4.81. The number of hydrogen-bond acceptors (Lipinski definition) is 8. The van der Waals surface area contributed by atoms with Gasteiger partial charge in [0.1, 0.15) is 19.0 Å². The lowest BCUT2D eigenvalue weighted by Gasteiger charge is -2.26. The van der Waals surface area contributed by atoms with Gasteiger partial charge in [-0.25, -0.2) is 0 Å². The van der Waals surface area contributed by atoms with Gasteiger partial charge in [-0.1, -0.05) is 24.3 Å². The van der Waals surface area contributed by atoms with E-state index in [-0.39, 0.29) is 12.0 Å². The minimum Gasteiger partial charge on any atom is -0.486 e. The number of aromatic nitrogens is 3. The third-order valence-corrected chi connectivity index (χ3v) is 5.75. The van der Waals surface area contributed by atoms with Crippen LogP contribution in [0, 0.1) is 6.92 Å². The van der Waals surface area contributed by atoms with E-state index in [1.165, 1.54) is 5.56 Å². The molecule has 0 bridgehead atoms. The maximum absolute atomic E-state index is 6.00. The largest absolute Gasteiger partial charge is 0.486 e. The van der Waals surface area contributed by atoms with Gasteiger partial charge in [-0.3, -0.25) is 4.90 Å². The lowest BCUT2D eigenvalue weighted by molar-refractivity contribution is 0.170. The number of nitrogen functional groups attached to an aromatic ring is 1. The fourth-order valence-electron chi connectivity index (χ4n) is 4.24. The monoisotopic (exact) mass is 418 g/mol. The van der Waals surface area contributed by atoms with Gasteiger partial charge in [-0.2, -0.15) is 15.0 Å². The smallest absolute Gasteiger partial charge is 0.232 e. The Morgan fingerprint density at radius 2 is 1.90 bits per heavy atom. The molecule has 0 spiro atoms. The number of nitrogens with one attached hydrogen (secondary N) is 1. The van der Waals surface area contributed by atoms with E-state index in [0.717, 1.165) is 42.1 Å². The molecule has 2 aromatic carbocycles. The lowest BCUT2D eigenvalue weighted by Crippen LogP contribution is -2.25. The van der Waals surface area contributed by atoms with Gasteiger partial charge < -0.3 is 20.5 Å². The Morgan fingerprint density at radius 3 is 2.77 bits per heavy atom. The number of para-hydroxylation sites is 1. The summed E-state index contributed by atoms with van der Waals surface area (Å²) in [6, 6.07) is 14.5. The normalized spacial score (nSPS) is 18.2. The number of hydrogen-bond donors (Lipinski definition) is 2. The molecule has 2 aliphatic heterocycles. The molecular formula is C23H26N6O2. The van der Waals surface area contributed by atoms with Crippen molar-refractivity contribution in [2.45, 2.75) is 32.4 Å². The molecule has 0 unspecified atom stereocenters. The molecule has 0 radical (unpaired) electrons. The molecule has 8 nitrogen and oxygen atoms in total. The van der Waals surface area contributed by atoms with Crippen LogP contribution in [0.3, 0.4) is 0 Å². The standard InChI is InChI=1S/C23H26N6O2/c1-15-5-2-3-6-17(15)25-23-27-21(26-22(24)28-23)14-29-10-4-7-18(29)16-8-9-19-20(13-16)31-12-11-30-19/h2-3,5-6,8-9,13,18H,4,7,10-12,14H2,1H3,(H3,24,25,26,27,28)/t18-/m0/s1. The molecule has 1 fully saturated rings. The van der Waals surface area contributed by atoms with Crippen molar-refractivity contribution in [1.82, 2.24) is 19.9 Å². The summed E-state index contributed by atoms with van der Waals surface area (Å²) < 4.78 is 11.4. The van der Waals surface area contributed by atoms with E-state index in [0.29, 0.717) is 31.5 Å². The Bertz CT molecular complexity index is 1090. The topological polar surface area (TPSA) is 98.4 Å². The van der Waals surface area contributed by atoms with E-state index in [2.05, 4.69) is 37.3 Å². The first-order valence-corrected chi connectivity index (χ1v) is 10.6. The summed E-state index contributed by atoms with van der Waals surface area (Å²) in [6.07, 6.45) is 2.20. The maximum atomic E-state index is 6.00. The fraction of sp³-hybridized carbons (Fsp3) is 0.348. The van der Waals surface area contributed by atoms with Crippen LogP contribution < -0.4 is 20.5 Å². The van der Waals surface area contributed by atoms with Crippen LogP contribution in [0.15, 0.2) is 42.5 Å². The number of nitrogens with two attached hydrogens (primary N) is 1. The number of benzene rings is 2. The van der Waals surface area contributed by atoms with Crippen molar-refractivity contribution in [2.75, 3.05) is 30.8 Å². The number of rotatable bonds is 5. The van der Waals surface area contributed by atoms with Crippen molar-refractivity contribution in [3.8, 4) is 11.5 Å². The summed E-state index contributed by atoms with van der Waals surface area (Å²) in [4.78, 5) is 15.7. The zero-order valence-electron chi connectivity index (χ0n) is 17.5. The van der Waals surface area contributed by atoms with Crippen LogP contribution >= 0.6 is 0 Å². The highest BCUT2D eigenvalue weighted by atomic mass is 16.6. The quantitative estimate of drug-likeness (QED) is 0.648. The molecule has 5 rings (SSSR count). The number of likely N-dealkylation sites (tertiary alicyclic amines) is 1. The van der Waals surface area contributed by atoms with Crippen molar-refractivity contribution in [3.63, 3.8) is 0 Å². The second-order valence-corrected chi connectivity index (χ2v) is 7.90. The number of nitrogens with zero attached hydrogens (tertiary/aromatic N) is 4. The third-order valence-electron chi connectivity index (χ3n) is 5.75. The zero-order chi connectivity index (χ0) is 21.2. The van der Waals surface area contributed by atoms with Gasteiger partial charge in [0.2, 0.25) is 11.9 Å². The average Bonchev–Trinajstić information content (AvgIpc) is 3.23. The molecule has 3 aromatic rings. The van der Waals surface area contributed by atoms with E-state index in [4.69, 9.17) is 15.2 Å². The first-order valence-electron chi connectivity index (χ1n) is 10.6. The minimum atomic E-state index is 0.219. The molecule has 2 aliphatic rings. The molecule has 0 amide bonds. The molecule has 8 heteroatoms. The molecule has 0 saturated carbocycles. The van der Waals surface area contributed by atoms with Gasteiger partial charge in [0.25, 0.3) is 0 Å². The lowest BCUT2D eigenvalue weighted by atomic mass is 10.0. The summed E-state index contributed by atoms with van der Waals surface area (Å²) in [5.41, 5.74) is 9.29. The van der Waals surface area contributed by atoms with Gasteiger partial charge in [-0.05, 0) is 55.6 Å². The fourth-order valence-corrected chi connectivity index (χ4v) is 4.24. The number of aryl methyl sites for hydroxylation is 1. The van der Waals surface area contributed by atoms with Gasteiger partial charge in [0.05, 0.1) is 6.54 Å². The second kappa shape index (κ2) is 8.39. The summed E-state index contributed by atoms with van der Waals surface area (Å²) >= 11 is 0. The van der Waals surface area contributed by atoms with Crippen molar-refractivity contribution in [3.05, 3.63) is 59.4 Å². The van der Waals surface area contributed by atoms with Crippen molar-refractivity contribution in [1.29, 1.82) is 0 Å². The van der Waals surface area contributed by atoms with Crippen LogP contribution in [0.1, 0.15) is 35.8 Å². The Kier molecular flexibility index (Phi) is 5.30. The van der Waals surface area contributed by atoms with Crippen LogP contribution in [0.5, 0.6) is 11.5 Å². The van der Waals surface area contributed by atoms with Crippen LogP contribution in [0.2, 0.25) is 0 Å².